The highest BCUT2D eigenvalue weighted by Crippen LogP contribution is 2.39. The lowest BCUT2D eigenvalue weighted by molar-refractivity contribution is 0.0983. The minimum Gasteiger partial charge on any atom is -0.494 e. The number of thiazole rings is 1. The van der Waals surface area contributed by atoms with Crippen molar-refractivity contribution in [2.24, 2.45) is 0 Å². The fraction of sp³-hybridized carbons (Fsp3) is 0.182. The molecule has 4 aromatic rings. The van der Waals surface area contributed by atoms with Crippen LogP contribution >= 0.6 is 22.9 Å². The summed E-state index contributed by atoms with van der Waals surface area (Å²) in [6.07, 6.45) is 1.58. The van der Waals surface area contributed by atoms with Crippen molar-refractivity contribution in [3.8, 4) is 11.5 Å². The van der Waals surface area contributed by atoms with Crippen LogP contribution in [0.2, 0.25) is 5.02 Å². The molecule has 8 heteroatoms. The highest BCUT2D eigenvalue weighted by Gasteiger charge is 2.24. The molecule has 0 saturated carbocycles. The fourth-order valence-electron chi connectivity index (χ4n) is 3.02. The van der Waals surface area contributed by atoms with Crippen LogP contribution in [0.3, 0.4) is 0 Å². The lowest BCUT2D eigenvalue weighted by Gasteiger charge is -2.19. The van der Waals surface area contributed by atoms with Crippen LogP contribution < -0.4 is 14.4 Å². The molecule has 0 N–H and O–H groups in total. The van der Waals surface area contributed by atoms with E-state index in [-0.39, 0.29) is 12.5 Å². The second-order valence-corrected chi connectivity index (χ2v) is 7.74. The third-order valence-electron chi connectivity index (χ3n) is 4.45. The van der Waals surface area contributed by atoms with Gasteiger partial charge in [-0.15, -0.1) is 0 Å². The number of rotatable bonds is 7. The van der Waals surface area contributed by atoms with Gasteiger partial charge in [0.05, 0.1) is 36.2 Å². The van der Waals surface area contributed by atoms with E-state index in [9.17, 15) is 4.79 Å². The zero-order chi connectivity index (χ0) is 21.1. The smallest absolute Gasteiger partial charge is 0.260 e. The summed E-state index contributed by atoms with van der Waals surface area (Å²) in [5.74, 6) is 1.75. The first kappa shape index (κ1) is 20.3. The molecule has 1 amide bonds. The van der Waals surface area contributed by atoms with E-state index in [1.54, 1.807) is 60.7 Å². The van der Waals surface area contributed by atoms with E-state index in [2.05, 4.69) is 4.98 Å². The highest BCUT2D eigenvalue weighted by atomic mass is 35.5. The third kappa shape index (κ3) is 3.99. The number of methoxy groups -OCH3 is 1. The Bertz CT molecular complexity index is 1160. The number of ether oxygens (including phenoxy) is 2. The van der Waals surface area contributed by atoms with Gasteiger partial charge in [0.25, 0.3) is 5.91 Å². The molecule has 0 aliphatic carbocycles. The van der Waals surface area contributed by atoms with Gasteiger partial charge in [-0.3, -0.25) is 9.69 Å². The molecule has 0 spiro atoms. The van der Waals surface area contributed by atoms with E-state index in [1.807, 2.05) is 13.0 Å². The van der Waals surface area contributed by atoms with Crippen LogP contribution in [0.4, 0.5) is 5.13 Å². The summed E-state index contributed by atoms with van der Waals surface area (Å²) in [4.78, 5) is 19.6. The van der Waals surface area contributed by atoms with E-state index >= 15 is 0 Å². The molecule has 0 atom stereocenters. The Morgan fingerprint density at radius 1 is 1.20 bits per heavy atom. The van der Waals surface area contributed by atoms with E-state index in [1.165, 1.54) is 11.3 Å². The molecular formula is C22H19ClN2O4S. The summed E-state index contributed by atoms with van der Waals surface area (Å²) >= 11 is 7.70. The Labute approximate surface area is 182 Å². The minimum absolute atomic E-state index is 0.205. The van der Waals surface area contributed by atoms with E-state index < -0.39 is 0 Å². The largest absolute Gasteiger partial charge is 0.494 e. The van der Waals surface area contributed by atoms with Crippen molar-refractivity contribution in [3.05, 3.63) is 71.1 Å². The predicted molar refractivity (Wildman–Crippen MR) is 118 cm³/mol. The second-order valence-electron chi connectivity index (χ2n) is 6.35. The van der Waals surface area contributed by atoms with Crippen molar-refractivity contribution in [1.29, 1.82) is 0 Å². The Morgan fingerprint density at radius 2 is 2.00 bits per heavy atom. The van der Waals surface area contributed by atoms with E-state index in [0.29, 0.717) is 45.1 Å². The minimum atomic E-state index is -0.205. The quantitative estimate of drug-likeness (QED) is 0.362. The topological polar surface area (TPSA) is 64.8 Å². The lowest BCUT2D eigenvalue weighted by atomic mass is 10.2. The maximum atomic E-state index is 13.4. The Hall–Kier alpha value is -3.03. The summed E-state index contributed by atoms with van der Waals surface area (Å²) in [5.41, 5.74) is 1.14. The molecule has 0 radical (unpaired) electrons. The highest BCUT2D eigenvalue weighted by molar-refractivity contribution is 7.23. The number of furan rings is 1. The molecule has 154 valence electrons. The van der Waals surface area contributed by atoms with Gasteiger partial charge >= 0.3 is 0 Å². The van der Waals surface area contributed by atoms with Gasteiger partial charge in [0.2, 0.25) is 0 Å². The standard InChI is InChI=1S/C22H19ClN2O4S/c1-3-28-15-8-6-14(7-9-15)21(26)25(13-16-5-4-12-29-16)22-24-19-18(27-2)11-10-17(23)20(19)30-22/h4-12H,3,13H2,1-2H3. The number of halogens is 1. The zero-order valence-electron chi connectivity index (χ0n) is 16.4. The normalized spacial score (nSPS) is 10.9. The number of carbonyl (C=O) groups is 1. The van der Waals surface area contributed by atoms with Gasteiger partial charge in [0.15, 0.2) is 5.13 Å². The number of amides is 1. The first-order chi connectivity index (χ1) is 14.6. The Morgan fingerprint density at radius 3 is 2.67 bits per heavy atom. The monoisotopic (exact) mass is 442 g/mol. The maximum Gasteiger partial charge on any atom is 0.260 e. The molecule has 4 rings (SSSR count). The number of aromatic nitrogens is 1. The Balaban J connectivity index is 1.75. The van der Waals surface area contributed by atoms with E-state index in [4.69, 9.17) is 25.5 Å². The van der Waals surface area contributed by atoms with Gasteiger partial charge < -0.3 is 13.9 Å². The van der Waals surface area contributed by atoms with Gasteiger partial charge in [0, 0.05) is 5.56 Å². The summed E-state index contributed by atoms with van der Waals surface area (Å²) in [5, 5.41) is 1.06. The van der Waals surface area contributed by atoms with Gasteiger partial charge in [0.1, 0.15) is 22.8 Å². The van der Waals surface area contributed by atoms with Gasteiger partial charge in [-0.1, -0.05) is 22.9 Å². The SMILES string of the molecule is CCOc1ccc(C(=O)N(Cc2ccco2)c2nc3c(OC)ccc(Cl)c3s2)cc1. The first-order valence-electron chi connectivity index (χ1n) is 9.31. The number of fused-ring (bicyclic) bond motifs is 1. The number of anilines is 1. The van der Waals surface area contributed by atoms with Crippen molar-refractivity contribution < 1.29 is 18.7 Å². The summed E-state index contributed by atoms with van der Waals surface area (Å²) in [6.45, 7) is 2.71. The van der Waals surface area contributed by atoms with Gasteiger partial charge in [-0.2, -0.15) is 0 Å². The third-order valence-corrected chi connectivity index (χ3v) is 5.99. The van der Waals surface area contributed by atoms with Crippen LogP contribution in [-0.2, 0) is 6.54 Å². The number of benzene rings is 2. The van der Waals surface area contributed by atoms with Crippen LogP contribution in [0.15, 0.2) is 59.2 Å². The molecule has 2 aromatic carbocycles. The molecule has 2 aromatic heterocycles. The summed E-state index contributed by atoms with van der Waals surface area (Å²) < 4.78 is 17.1. The average Bonchev–Trinajstić information content (AvgIpc) is 3.43. The van der Waals surface area contributed by atoms with Crippen molar-refractivity contribution in [1.82, 2.24) is 4.98 Å². The van der Waals surface area contributed by atoms with Crippen molar-refractivity contribution in [2.45, 2.75) is 13.5 Å². The number of nitrogens with zero attached hydrogens (tertiary/aromatic N) is 2. The van der Waals surface area contributed by atoms with Gasteiger partial charge in [-0.25, -0.2) is 4.98 Å². The molecule has 0 aliphatic rings. The van der Waals surface area contributed by atoms with Crippen LogP contribution in [0.25, 0.3) is 10.2 Å². The number of hydrogen-bond acceptors (Lipinski definition) is 6. The second kappa shape index (κ2) is 8.77. The van der Waals surface area contributed by atoms with Crippen LogP contribution in [0.5, 0.6) is 11.5 Å². The molecule has 0 saturated heterocycles. The predicted octanol–water partition coefficient (Wildman–Crippen LogP) is 5.80. The molecule has 0 aliphatic heterocycles. The fourth-order valence-corrected chi connectivity index (χ4v) is 4.28. The first-order valence-corrected chi connectivity index (χ1v) is 10.5. The van der Waals surface area contributed by atoms with Crippen molar-refractivity contribution >= 4 is 44.2 Å². The van der Waals surface area contributed by atoms with Crippen molar-refractivity contribution in [3.63, 3.8) is 0 Å². The van der Waals surface area contributed by atoms with Crippen LogP contribution in [-0.4, -0.2) is 24.6 Å². The zero-order valence-corrected chi connectivity index (χ0v) is 18.0. The Kier molecular flexibility index (Phi) is 5.92. The maximum absolute atomic E-state index is 13.4. The summed E-state index contributed by atoms with van der Waals surface area (Å²) in [6, 6.07) is 14.2. The summed E-state index contributed by atoms with van der Waals surface area (Å²) in [7, 11) is 1.58. The lowest BCUT2D eigenvalue weighted by Crippen LogP contribution is -2.30. The molecule has 2 heterocycles. The van der Waals surface area contributed by atoms with E-state index in [0.717, 1.165) is 4.70 Å². The van der Waals surface area contributed by atoms with Crippen LogP contribution in [0, 0.1) is 0 Å². The molecule has 30 heavy (non-hydrogen) atoms. The molecule has 0 bridgehead atoms. The molecular weight excluding hydrogens is 424 g/mol. The molecule has 0 fully saturated rings. The van der Waals surface area contributed by atoms with Gasteiger partial charge in [-0.05, 0) is 55.5 Å². The van der Waals surface area contributed by atoms with Crippen LogP contribution in [0.1, 0.15) is 23.0 Å². The molecule has 0 unspecified atom stereocenters. The average molecular weight is 443 g/mol. The van der Waals surface area contributed by atoms with Crippen molar-refractivity contribution in [2.75, 3.05) is 18.6 Å². The molecule has 6 nitrogen and oxygen atoms in total. The number of carbonyl (C=O) groups excluding carboxylic acids is 1. The number of hydrogen-bond donors (Lipinski definition) is 0.